The second-order valence-corrected chi connectivity index (χ2v) is 8.98. The van der Waals surface area contributed by atoms with Crippen LogP contribution in [0, 0.1) is 20.8 Å². The number of H-pyrrole nitrogens is 1. The quantitative estimate of drug-likeness (QED) is 0.528. The minimum absolute atomic E-state index is 0.133. The van der Waals surface area contributed by atoms with Gasteiger partial charge in [0.2, 0.25) is 5.91 Å². The Morgan fingerprint density at radius 3 is 2.84 bits per heavy atom. The van der Waals surface area contributed by atoms with Crippen LogP contribution >= 0.6 is 11.3 Å². The highest BCUT2D eigenvalue weighted by Crippen LogP contribution is 2.32. The molecule has 0 spiro atoms. The number of hydrogen-bond donors (Lipinski definition) is 3. The Labute approximate surface area is 181 Å². The van der Waals surface area contributed by atoms with Crippen molar-refractivity contribution in [2.75, 3.05) is 25.0 Å². The summed E-state index contributed by atoms with van der Waals surface area (Å²) < 4.78 is 1.30. The van der Waals surface area contributed by atoms with Crippen LogP contribution in [0.4, 0.5) is 5.82 Å². The maximum Gasteiger partial charge on any atom is 0.328 e. The number of aryl methyl sites for hydroxylation is 3. The molecule has 3 aromatic rings. The molecule has 0 radical (unpaired) electrons. The summed E-state index contributed by atoms with van der Waals surface area (Å²) in [5.74, 6) is 0.570. The van der Waals surface area contributed by atoms with E-state index in [1.165, 1.54) is 22.0 Å². The third kappa shape index (κ3) is 3.98. The average molecular weight is 445 g/mol. The van der Waals surface area contributed by atoms with E-state index in [9.17, 15) is 19.5 Å². The molecule has 4 heterocycles. The van der Waals surface area contributed by atoms with Crippen molar-refractivity contribution in [3.8, 4) is 0 Å². The molecule has 3 N–H and O–H groups in total. The van der Waals surface area contributed by atoms with E-state index in [2.05, 4.69) is 20.3 Å². The minimum Gasteiger partial charge on any atom is -0.389 e. The molecule has 31 heavy (non-hydrogen) atoms. The van der Waals surface area contributed by atoms with Gasteiger partial charge in [-0.05, 0) is 26.3 Å². The molecule has 4 rings (SSSR count). The smallest absolute Gasteiger partial charge is 0.328 e. The lowest BCUT2D eigenvalue weighted by Crippen LogP contribution is -2.37. The predicted molar refractivity (Wildman–Crippen MR) is 118 cm³/mol. The Balaban J connectivity index is 1.41. The number of anilines is 1. The molecule has 3 aromatic heterocycles. The number of amides is 1. The first-order chi connectivity index (χ1) is 14.8. The Bertz CT molecular complexity index is 1260. The van der Waals surface area contributed by atoms with E-state index >= 15 is 0 Å². The fourth-order valence-electron chi connectivity index (χ4n) is 3.84. The van der Waals surface area contributed by atoms with E-state index in [1.807, 2.05) is 13.8 Å². The average Bonchev–Trinajstić information content (AvgIpc) is 3.25. The lowest BCUT2D eigenvalue weighted by molar-refractivity contribution is -0.130. The van der Waals surface area contributed by atoms with Crippen molar-refractivity contribution < 1.29 is 9.90 Å². The normalized spacial score (nSPS) is 18.6. The van der Waals surface area contributed by atoms with Gasteiger partial charge in [0.1, 0.15) is 17.0 Å². The molecular formula is C20H24N6O4S. The van der Waals surface area contributed by atoms with Crippen molar-refractivity contribution in [3.05, 3.63) is 49.4 Å². The summed E-state index contributed by atoms with van der Waals surface area (Å²) in [5, 5.41) is 14.6. The number of fused-ring (bicyclic) bond motifs is 1. The number of thiophene rings is 1. The van der Waals surface area contributed by atoms with Gasteiger partial charge in [-0.2, -0.15) is 0 Å². The van der Waals surface area contributed by atoms with Gasteiger partial charge in [0.05, 0.1) is 17.5 Å². The lowest BCUT2D eigenvalue weighted by Gasteiger charge is -2.18. The van der Waals surface area contributed by atoms with Gasteiger partial charge in [0, 0.05) is 42.7 Å². The van der Waals surface area contributed by atoms with Crippen molar-refractivity contribution in [2.45, 2.75) is 39.3 Å². The molecule has 1 aliphatic rings. The highest BCUT2D eigenvalue weighted by molar-refractivity contribution is 7.18. The Kier molecular flexibility index (Phi) is 5.63. The van der Waals surface area contributed by atoms with Crippen LogP contribution < -0.4 is 16.6 Å². The van der Waals surface area contributed by atoms with Crippen molar-refractivity contribution in [1.82, 2.24) is 24.4 Å². The van der Waals surface area contributed by atoms with E-state index in [4.69, 9.17) is 0 Å². The van der Waals surface area contributed by atoms with Gasteiger partial charge in [-0.15, -0.1) is 11.3 Å². The van der Waals surface area contributed by atoms with E-state index in [-0.39, 0.29) is 25.4 Å². The maximum atomic E-state index is 12.7. The third-order valence-corrected chi connectivity index (χ3v) is 6.83. The number of rotatable bonds is 5. The number of hydrogen-bond acceptors (Lipinski definition) is 8. The van der Waals surface area contributed by atoms with Crippen molar-refractivity contribution in [1.29, 1.82) is 0 Å². The zero-order chi connectivity index (χ0) is 22.3. The van der Waals surface area contributed by atoms with Gasteiger partial charge in [0.15, 0.2) is 0 Å². The molecule has 1 amide bonds. The van der Waals surface area contributed by atoms with Crippen LogP contribution in [0.5, 0.6) is 0 Å². The zero-order valence-corrected chi connectivity index (χ0v) is 18.3. The second kappa shape index (κ2) is 8.23. The number of nitrogens with zero attached hydrogens (tertiary/aromatic N) is 4. The van der Waals surface area contributed by atoms with Gasteiger partial charge in [-0.25, -0.2) is 14.8 Å². The van der Waals surface area contributed by atoms with Gasteiger partial charge >= 0.3 is 5.69 Å². The highest BCUT2D eigenvalue weighted by Gasteiger charge is 2.35. The minimum atomic E-state index is -0.891. The van der Waals surface area contributed by atoms with Gasteiger partial charge < -0.3 is 15.3 Å². The molecule has 164 valence electrons. The highest BCUT2D eigenvalue weighted by atomic mass is 32.1. The molecule has 1 fully saturated rings. The van der Waals surface area contributed by atoms with E-state index in [0.29, 0.717) is 17.9 Å². The first-order valence-electron chi connectivity index (χ1n) is 9.98. The Morgan fingerprint density at radius 1 is 1.29 bits per heavy atom. The molecule has 1 aliphatic heterocycles. The largest absolute Gasteiger partial charge is 0.389 e. The van der Waals surface area contributed by atoms with Crippen molar-refractivity contribution >= 4 is 33.3 Å². The summed E-state index contributed by atoms with van der Waals surface area (Å²) in [5.41, 5.74) is 0.449. The number of aromatic nitrogens is 4. The van der Waals surface area contributed by atoms with Crippen LogP contribution in [0.15, 0.2) is 22.1 Å². The monoisotopic (exact) mass is 444 g/mol. The summed E-state index contributed by atoms with van der Waals surface area (Å²) in [6.07, 6.45) is 2.26. The summed E-state index contributed by atoms with van der Waals surface area (Å²) in [4.78, 5) is 50.9. The van der Waals surface area contributed by atoms with Crippen LogP contribution in [-0.2, 0) is 4.79 Å². The maximum absolute atomic E-state index is 12.7. The summed E-state index contributed by atoms with van der Waals surface area (Å²) >= 11 is 1.61. The number of aliphatic hydroxyl groups excluding tert-OH is 1. The number of aromatic amines is 1. The molecule has 0 aliphatic carbocycles. The van der Waals surface area contributed by atoms with E-state index < -0.39 is 23.4 Å². The predicted octanol–water partition coefficient (Wildman–Crippen LogP) is 0.713. The first-order valence-corrected chi connectivity index (χ1v) is 10.8. The summed E-state index contributed by atoms with van der Waals surface area (Å²) in [6, 6.07) is -0.599. The SMILES string of the molecule is Cc1sc2ncnc(NCCC(=O)N3C[C@@H](O)[C@H](n4cc(C)c(=O)[nH]c4=O)C3)c2c1C. The molecular weight excluding hydrogens is 420 g/mol. The van der Waals surface area contributed by atoms with Crippen molar-refractivity contribution in [2.24, 2.45) is 0 Å². The number of nitrogens with one attached hydrogen (secondary N) is 2. The molecule has 2 atom stereocenters. The number of carbonyl (C=O) groups is 1. The molecule has 0 saturated carbocycles. The van der Waals surface area contributed by atoms with Crippen LogP contribution in [0.1, 0.15) is 28.5 Å². The Hall–Kier alpha value is -3.05. The zero-order valence-electron chi connectivity index (χ0n) is 17.5. The molecule has 0 unspecified atom stereocenters. The summed E-state index contributed by atoms with van der Waals surface area (Å²) in [6.45, 7) is 6.37. The Morgan fingerprint density at radius 2 is 2.06 bits per heavy atom. The number of aliphatic hydroxyl groups is 1. The standard InChI is InChI=1S/C20H24N6O4S/c1-10-6-26(20(30)24-18(10)29)13-7-25(8-14(13)27)15(28)4-5-21-17-16-11(2)12(3)31-19(16)23-9-22-17/h6,9,13-14,27H,4-5,7-8H2,1-3H3,(H,21,22,23)(H,24,29,30)/t13-,14-/m1/s1. The third-order valence-electron chi connectivity index (χ3n) is 5.71. The van der Waals surface area contributed by atoms with Gasteiger partial charge in [-0.1, -0.05) is 0 Å². The number of β-amino-alcohol motifs (C(OH)–C–C–N with tert-alkyl or cyclic N) is 1. The van der Waals surface area contributed by atoms with Crippen LogP contribution in [0.3, 0.4) is 0 Å². The van der Waals surface area contributed by atoms with E-state index in [1.54, 1.807) is 23.2 Å². The van der Waals surface area contributed by atoms with Crippen LogP contribution in [-0.4, -0.2) is 61.2 Å². The number of likely N-dealkylation sites (tertiary alicyclic amines) is 1. The molecule has 10 nitrogen and oxygen atoms in total. The number of carbonyl (C=O) groups excluding carboxylic acids is 1. The first kappa shape index (κ1) is 21.2. The van der Waals surface area contributed by atoms with E-state index in [0.717, 1.165) is 15.8 Å². The molecule has 0 bridgehead atoms. The fourth-order valence-corrected chi connectivity index (χ4v) is 4.84. The lowest BCUT2D eigenvalue weighted by atomic mass is 10.2. The fraction of sp³-hybridized carbons (Fsp3) is 0.450. The summed E-state index contributed by atoms with van der Waals surface area (Å²) in [7, 11) is 0. The van der Waals surface area contributed by atoms with Gasteiger partial charge in [0.25, 0.3) is 5.56 Å². The molecule has 0 aromatic carbocycles. The second-order valence-electron chi connectivity index (χ2n) is 7.77. The molecule has 1 saturated heterocycles. The van der Waals surface area contributed by atoms with Crippen LogP contribution in [0.2, 0.25) is 0 Å². The molecule has 11 heteroatoms. The van der Waals surface area contributed by atoms with Crippen molar-refractivity contribution in [3.63, 3.8) is 0 Å². The van der Waals surface area contributed by atoms with Gasteiger partial charge in [-0.3, -0.25) is 19.1 Å². The van der Waals surface area contributed by atoms with Crippen LogP contribution in [0.25, 0.3) is 10.2 Å². The topological polar surface area (TPSA) is 133 Å².